The molecule has 0 atom stereocenters. The Morgan fingerprint density at radius 3 is 2.75 bits per heavy atom. The molecule has 0 aliphatic heterocycles. The Hall–Kier alpha value is -2.05. The number of ether oxygens (including phenoxy) is 1. The van der Waals surface area contributed by atoms with Crippen molar-refractivity contribution in [3.63, 3.8) is 0 Å². The monoisotopic (exact) mass is 286 g/mol. The van der Waals surface area contributed by atoms with E-state index in [1.54, 1.807) is 0 Å². The number of unbranched alkanes of at least 4 members (excludes halogenated alkanes) is 2. The predicted octanol–water partition coefficient (Wildman–Crippen LogP) is 1.82. The van der Waals surface area contributed by atoms with E-state index in [9.17, 15) is 18.4 Å². The van der Waals surface area contributed by atoms with E-state index < -0.39 is 17.7 Å². The topological polar surface area (TPSA) is 68.3 Å². The van der Waals surface area contributed by atoms with Crippen LogP contribution in [0.2, 0.25) is 0 Å². The molecule has 0 bridgehead atoms. The van der Waals surface area contributed by atoms with Gasteiger partial charge in [-0.05, 0) is 18.9 Å². The fourth-order valence-electron chi connectivity index (χ4n) is 1.56. The summed E-state index contributed by atoms with van der Waals surface area (Å²) in [5, 5.41) is 2.48. The molecule has 5 nitrogen and oxygen atoms in total. The van der Waals surface area contributed by atoms with Gasteiger partial charge in [-0.15, -0.1) is 0 Å². The van der Waals surface area contributed by atoms with Crippen LogP contribution < -0.4 is 5.32 Å². The number of methoxy groups -OCH3 is 1. The number of amides is 1. The van der Waals surface area contributed by atoms with Crippen molar-refractivity contribution in [3.8, 4) is 0 Å². The number of nitrogens with one attached hydrogen (secondary N) is 1. The van der Waals surface area contributed by atoms with Gasteiger partial charge in [-0.1, -0.05) is 6.42 Å². The van der Waals surface area contributed by atoms with Gasteiger partial charge in [0, 0.05) is 19.2 Å². The SMILES string of the molecule is COC(=O)CCCCCNC(=O)c1ccnc(F)c1F. The van der Waals surface area contributed by atoms with Gasteiger partial charge in [-0.2, -0.15) is 4.39 Å². The number of carbonyl (C=O) groups is 2. The summed E-state index contributed by atoms with van der Waals surface area (Å²) >= 11 is 0. The van der Waals surface area contributed by atoms with E-state index in [0.717, 1.165) is 18.7 Å². The highest BCUT2D eigenvalue weighted by Gasteiger charge is 2.15. The van der Waals surface area contributed by atoms with Crippen LogP contribution in [-0.2, 0) is 9.53 Å². The van der Waals surface area contributed by atoms with Crippen molar-refractivity contribution in [2.75, 3.05) is 13.7 Å². The highest BCUT2D eigenvalue weighted by Crippen LogP contribution is 2.08. The van der Waals surface area contributed by atoms with Gasteiger partial charge in [0.05, 0.1) is 12.7 Å². The lowest BCUT2D eigenvalue weighted by Crippen LogP contribution is -2.25. The molecule has 0 radical (unpaired) electrons. The summed E-state index contributed by atoms with van der Waals surface area (Å²) < 4.78 is 30.6. The Balaban J connectivity index is 2.27. The Morgan fingerprint density at radius 2 is 2.05 bits per heavy atom. The molecule has 0 unspecified atom stereocenters. The molecule has 1 aromatic rings. The van der Waals surface area contributed by atoms with Crippen LogP contribution in [0.25, 0.3) is 0 Å². The number of rotatable bonds is 7. The van der Waals surface area contributed by atoms with Crippen molar-refractivity contribution in [1.29, 1.82) is 0 Å². The lowest BCUT2D eigenvalue weighted by Gasteiger charge is -2.06. The summed E-state index contributed by atoms with van der Waals surface area (Å²) in [6.07, 6.45) is 3.37. The van der Waals surface area contributed by atoms with Crippen molar-refractivity contribution >= 4 is 11.9 Å². The first-order chi connectivity index (χ1) is 9.56. The molecule has 1 rings (SSSR count). The number of esters is 1. The fourth-order valence-corrected chi connectivity index (χ4v) is 1.56. The quantitative estimate of drug-likeness (QED) is 0.471. The molecule has 1 amide bonds. The van der Waals surface area contributed by atoms with E-state index in [0.29, 0.717) is 25.8 Å². The van der Waals surface area contributed by atoms with Crippen LogP contribution in [0.1, 0.15) is 36.0 Å². The standard InChI is InChI=1S/C13H16F2N2O3/c1-20-10(18)5-3-2-4-7-17-13(19)9-6-8-16-12(15)11(9)14/h6,8H,2-5,7H2,1H3,(H,17,19). The molecule has 0 saturated heterocycles. The number of nitrogens with zero attached hydrogens (tertiary/aromatic N) is 1. The molecule has 110 valence electrons. The van der Waals surface area contributed by atoms with Gasteiger partial charge in [0.2, 0.25) is 5.95 Å². The van der Waals surface area contributed by atoms with E-state index in [1.165, 1.54) is 7.11 Å². The van der Waals surface area contributed by atoms with Gasteiger partial charge in [0.1, 0.15) is 0 Å². The summed E-state index contributed by atoms with van der Waals surface area (Å²) in [6, 6.07) is 1.12. The third-order valence-electron chi connectivity index (χ3n) is 2.66. The van der Waals surface area contributed by atoms with E-state index in [-0.39, 0.29) is 11.5 Å². The summed E-state index contributed by atoms with van der Waals surface area (Å²) in [6.45, 7) is 0.323. The van der Waals surface area contributed by atoms with Crippen molar-refractivity contribution in [2.24, 2.45) is 0 Å². The number of pyridine rings is 1. The summed E-state index contributed by atoms with van der Waals surface area (Å²) in [4.78, 5) is 25.5. The maximum atomic E-state index is 13.3. The first-order valence-corrected chi connectivity index (χ1v) is 6.21. The molecule has 0 saturated carbocycles. The zero-order valence-electron chi connectivity index (χ0n) is 11.1. The van der Waals surface area contributed by atoms with Crippen LogP contribution in [0.5, 0.6) is 0 Å². The van der Waals surface area contributed by atoms with Crippen LogP contribution in [0.4, 0.5) is 8.78 Å². The minimum atomic E-state index is -1.30. The minimum Gasteiger partial charge on any atom is -0.469 e. The summed E-state index contributed by atoms with van der Waals surface area (Å²) in [5.74, 6) is -3.51. The lowest BCUT2D eigenvalue weighted by atomic mass is 10.2. The predicted molar refractivity (Wildman–Crippen MR) is 67.0 cm³/mol. The Bertz CT molecular complexity index is 481. The van der Waals surface area contributed by atoms with Crippen LogP contribution in [-0.4, -0.2) is 30.5 Å². The number of hydrogen-bond donors (Lipinski definition) is 1. The number of halogens is 2. The third kappa shape index (κ3) is 4.91. The molecular weight excluding hydrogens is 270 g/mol. The normalized spacial score (nSPS) is 10.2. The van der Waals surface area contributed by atoms with Crippen LogP contribution in [0.3, 0.4) is 0 Å². The highest BCUT2D eigenvalue weighted by atomic mass is 19.2. The van der Waals surface area contributed by atoms with Gasteiger partial charge >= 0.3 is 5.97 Å². The maximum Gasteiger partial charge on any atom is 0.305 e. The number of hydrogen-bond acceptors (Lipinski definition) is 4. The maximum absolute atomic E-state index is 13.3. The number of aromatic nitrogens is 1. The second kappa shape index (κ2) is 8.19. The lowest BCUT2D eigenvalue weighted by molar-refractivity contribution is -0.140. The minimum absolute atomic E-state index is 0.275. The molecule has 1 aromatic heterocycles. The molecule has 0 aromatic carbocycles. The molecule has 1 heterocycles. The van der Waals surface area contributed by atoms with Gasteiger partial charge < -0.3 is 10.1 Å². The highest BCUT2D eigenvalue weighted by molar-refractivity contribution is 5.94. The van der Waals surface area contributed by atoms with E-state index >= 15 is 0 Å². The Kier molecular flexibility index (Phi) is 6.55. The van der Waals surface area contributed by atoms with Gasteiger partial charge in [0.25, 0.3) is 5.91 Å². The Labute approximate surface area is 115 Å². The average Bonchev–Trinajstić information content (AvgIpc) is 2.44. The van der Waals surface area contributed by atoms with E-state index in [4.69, 9.17) is 0 Å². The molecule has 20 heavy (non-hydrogen) atoms. The first kappa shape index (κ1) is 16.0. The smallest absolute Gasteiger partial charge is 0.305 e. The summed E-state index contributed by atoms with van der Waals surface area (Å²) in [5.41, 5.74) is -0.368. The van der Waals surface area contributed by atoms with Gasteiger partial charge in [0.15, 0.2) is 5.82 Å². The van der Waals surface area contributed by atoms with Crippen molar-refractivity contribution in [2.45, 2.75) is 25.7 Å². The van der Waals surface area contributed by atoms with Gasteiger partial charge in [-0.25, -0.2) is 9.37 Å². The molecule has 0 aliphatic carbocycles. The molecule has 0 fully saturated rings. The fraction of sp³-hybridized carbons (Fsp3) is 0.462. The Morgan fingerprint density at radius 1 is 1.30 bits per heavy atom. The summed E-state index contributed by atoms with van der Waals surface area (Å²) in [7, 11) is 1.32. The molecule has 0 spiro atoms. The average molecular weight is 286 g/mol. The molecular formula is C13H16F2N2O3. The van der Waals surface area contributed by atoms with Crippen LogP contribution in [0, 0.1) is 11.8 Å². The van der Waals surface area contributed by atoms with E-state index in [1.807, 2.05) is 0 Å². The molecule has 1 N–H and O–H groups in total. The van der Waals surface area contributed by atoms with Gasteiger partial charge in [-0.3, -0.25) is 9.59 Å². The zero-order valence-corrected chi connectivity index (χ0v) is 11.1. The molecule has 0 aliphatic rings. The zero-order chi connectivity index (χ0) is 15.0. The van der Waals surface area contributed by atoms with E-state index in [2.05, 4.69) is 15.0 Å². The second-order valence-corrected chi connectivity index (χ2v) is 4.11. The first-order valence-electron chi connectivity index (χ1n) is 6.21. The van der Waals surface area contributed by atoms with Crippen LogP contribution in [0.15, 0.2) is 12.3 Å². The van der Waals surface area contributed by atoms with Crippen molar-refractivity contribution < 1.29 is 23.1 Å². The van der Waals surface area contributed by atoms with Crippen molar-refractivity contribution in [3.05, 3.63) is 29.6 Å². The van der Waals surface area contributed by atoms with Crippen LogP contribution >= 0.6 is 0 Å². The largest absolute Gasteiger partial charge is 0.469 e. The molecule has 7 heteroatoms. The third-order valence-corrected chi connectivity index (χ3v) is 2.66. The van der Waals surface area contributed by atoms with Crippen molar-refractivity contribution in [1.82, 2.24) is 10.3 Å². The second-order valence-electron chi connectivity index (χ2n) is 4.11. The number of carbonyl (C=O) groups excluding carboxylic acids is 2.